The second-order valence-corrected chi connectivity index (χ2v) is 25.9. The van der Waals surface area contributed by atoms with E-state index in [1.807, 2.05) is 22.7 Å². The molecule has 0 amide bonds. The van der Waals surface area contributed by atoms with E-state index in [4.69, 9.17) is 0 Å². The molecule has 0 bridgehead atoms. The number of anilines is 6. The number of rotatable bonds is 17. The number of thiophene rings is 2. The molecule has 0 saturated heterocycles. The Bertz CT molecular complexity index is 4880. The van der Waals surface area contributed by atoms with Crippen molar-refractivity contribution in [1.29, 1.82) is 0 Å². The van der Waals surface area contributed by atoms with Gasteiger partial charge in [0.1, 0.15) is 0 Å². The van der Waals surface area contributed by atoms with E-state index in [9.17, 15) is 0 Å². The summed E-state index contributed by atoms with van der Waals surface area (Å²) in [5.74, 6) is 0. The van der Waals surface area contributed by atoms with Crippen molar-refractivity contribution in [1.82, 2.24) is 0 Å². The second kappa shape index (κ2) is 27.0. The van der Waals surface area contributed by atoms with Crippen LogP contribution in [0.4, 0.5) is 34.1 Å². The first-order valence-electron chi connectivity index (χ1n) is 32.6. The molecule has 2 nitrogen and oxygen atoms in total. The van der Waals surface area contributed by atoms with Crippen molar-refractivity contribution in [3.63, 3.8) is 0 Å². The van der Waals surface area contributed by atoms with Crippen LogP contribution in [0.1, 0.15) is 0 Å². The van der Waals surface area contributed by atoms with Gasteiger partial charge in [0.2, 0.25) is 0 Å². The molecule has 0 saturated carbocycles. The van der Waals surface area contributed by atoms with Crippen molar-refractivity contribution in [2.75, 3.05) is 9.80 Å². The molecule has 16 aromatic rings. The highest BCUT2D eigenvalue weighted by Gasteiger charge is 2.26. The SMILES string of the molecule is c1ccc(-c2ccc(N(c3ccc(-c4ccc(N(c5ccc(-c6ccccc6)cc5)c5ccc(-c6sc(-c7ccccc7)c(-c7ccccc7)c6-c6ccccc6)cc5)cc4)cc3)c3ccc(-c4sc(-c5ccccc5)c(-c5ccccc5)c4-c4ccccc4)cc3)cc2)cc1. The summed E-state index contributed by atoms with van der Waals surface area (Å²) < 4.78 is 0. The van der Waals surface area contributed by atoms with Gasteiger partial charge in [-0.15, -0.1) is 22.7 Å². The Hall–Kier alpha value is -11.9. The fraction of sp³-hybridized carbons (Fsp3) is 0. The van der Waals surface area contributed by atoms with Crippen LogP contribution in [-0.4, -0.2) is 0 Å². The first-order chi connectivity index (χ1) is 47.6. The molecule has 4 heteroatoms. The van der Waals surface area contributed by atoms with Gasteiger partial charge in [0.05, 0.1) is 0 Å². The first-order valence-corrected chi connectivity index (χ1v) is 34.3. The Morgan fingerprint density at radius 1 is 0.125 bits per heavy atom. The Balaban J connectivity index is 0.751. The van der Waals surface area contributed by atoms with E-state index in [1.54, 1.807) is 0 Å². The zero-order valence-corrected chi connectivity index (χ0v) is 54.3. The summed E-state index contributed by atoms with van der Waals surface area (Å²) in [5.41, 5.74) is 28.0. The Labute approximate surface area is 570 Å². The summed E-state index contributed by atoms with van der Waals surface area (Å²) in [6.07, 6.45) is 0. The van der Waals surface area contributed by atoms with Gasteiger partial charge in [0.15, 0.2) is 0 Å². The maximum atomic E-state index is 2.38. The van der Waals surface area contributed by atoms with Crippen molar-refractivity contribution in [3.05, 3.63) is 388 Å². The van der Waals surface area contributed by atoms with Crippen LogP contribution < -0.4 is 9.80 Å². The number of hydrogen-bond donors (Lipinski definition) is 0. The van der Waals surface area contributed by atoms with Gasteiger partial charge in [-0.05, 0) is 151 Å². The zero-order valence-electron chi connectivity index (χ0n) is 52.7. The summed E-state index contributed by atoms with van der Waals surface area (Å²) in [6, 6.07) is 141. The van der Waals surface area contributed by atoms with Crippen LogP contribution in [0, 0.1) is 0 Å². The number of hydrogen-bond acceptors (Lipinski definition) is 4. The van der Waals surface area contributed by atoms with Gasteiger partial charge >= 0.3 is 0 Å². The fourth-order valence-electron chi connectivity index (χ4n) is 13.3. The highest BCUT2D eigenvalue weighted by atomic mass is 32.1. The van der Waals surface area contributed by atoms with Crippen LogP contribution in [0.5, 0.6) is 0 Å². The lowest BCUT2D eigenvalue weighted by molar-refractivity contribution is 1.28. The molecular weight excluding hydrogens is 1200 g/mol. The number of nitrogens with zero attached hydrogens (tertiary/aromatic N) is 2. The molecule has 0 aliphatic heterocycles. The summed E-state index contributed by atoms with van der Waals surface area (Å²) in [6.45, 7) is 0. The highest BCUT2D eigenvalue weighted by Crippen LogP contribution is 2.54. The molecule has 0 radical (unpaired) electrons. The normalized spacial score (nSPS) is 11.1. The Kier molecular flexibility index (Phi) is 16.6. The van der Waals surface area contributed by atoms with Gasteiger partial charge < -0.3 is 9.80 Å². The predicted molar refractivity (Wildman–Crippen MR) is 411 cm³/mol. The van der Waals surface area contributed by atoms with Crippen molar-refractivity contribution in [2.24, 2.45) is 0 Å². The minimum atomic E-state index is 1.06. The third kappa shape index (κ3) is 12.0. The van der Waals surface area contributed by atoms with Crippen molar-refractivity contribution in [2.45, 2.75) is 0 Å². The summed E-state index contributed by atoms with van der Waals surface area (Å²) in [7, 11) is 0. The van der Waals surface area contributed by atoms with Crippen LogP contribution >= 0.6 is 22.7 Å². The van der Waals surface area contributed by atoms with Crippen LogP contribution in [0.15, 0.2) is 388 Å². The maximum Gasteiger partial charge on any atom is 0.0462 e. The Morgan fingerprint density at radius 3 is 0.448 bits per heavy atom. The van der Waals surface area contributed by atoms with Gasteiger partial charge in [0, 0.05) is 75.9 Å². The quantitative estimate of drug-likeness (QED) is 0.0896. The van der Waals surface area contributed by atoms with Crippen LogP contribution in [0.3, 0.4) is 0 Å². The van der Waals surface area contributed by atoms with E-state index in [1.165, 1.54) is 109 Å². The molecule has 0 aliphatic rings. The molecule has 2 aromatic heterocycles. The van der Waals surface area contributed by atoms with E-state index in [0.717, 1.165) is 45.3 Å². The smallest absolute Gasteiger partial charge is 0.0462 e. The topological polar surface area (TPSA) is 6.48 Å². The lowest BCUT2D eigenvalue weighted by Gasteiger charge is -2.27. The van der Waals surface area contributed by atoms with Crippen molar-refractivity contribution in [3.8, 4) is 120 Å². The first kappa shape index (κ1) is 59.1. The summed E-state index contributed by atoms with van der Waals surface area (Å²) in [5, 5.41) is 0. The van der Waals surface area contributed by atoms with Crippen molar-refractivity contribution < 1.29 is 0 Å². The lowest BCUT2D eigenvalue weighted by Crippen LogP contribution is -2.10. The number of benzene rings is 14. The van der Waals surface area contributed by atoms with E-state index < -0.39 is 0 Å². The molecule has 0 spiro atoms. The van der Waals surface area contributed by atoms with Crippen LogP contribution in [-0.2, 0) is 0 Å². The summed E-state index contributed by atoms with van der Waals surface area (Å²) in [4.78, 5) is 9.75. The van der Waals surface area contributed by atoms with Crippen LogP contribution in [0.25, 0.3) is 120 Å². The monoisotopic (exact) mass is 1260 g/mol. The minimum Gasteiger partial charge on any atom is -0.311 e. The minimum absolute atomic E-state index is 1.06. The van der Waals surface area contributed by atoms with Gasteiger partial charge in [-0.3, -0.25) is 0 Å². The van der Waals surface area contributed by atoms with E-state index in [2.05, 4.69) is 398 Å². The van der Waals surface area contributed by atoms with Gasteiger partial charge in [-0.1, -0.05) is 315 Å². The standard InChI is InChI=1S/C92H64N2S2/c1-9-25-65(26-10-1)67-41-53-79(54-42-67)93(83-61-49-77(50-62-83)91-87(73-33-17-5-18-34-73)85(71-29-13-3-14-30-71)89(95-91)75-37-21-7-22-38-75)81-57-45-69(46-58-81)70-47-59-82(60-48-70)94(80-55-43-68(44-56-80)66-27-11-2-12-28-66)84-63-51-78(52-64-84)92-88(74-35-19-6-20-36-74)86(72-31-15-4-16-32-72)90(96-92)76-39-23-8-24-40-76/h1-64H. The third-order valence-corrected chi connectivity index (χ3v) is 20.5. The van der Waals surface area contributed by atoms with E-state index in [0.29, 0.717) is 0 Å². The average molecular weight is 1260 g/mol. The molecule has 0 fully saturated rings. The molecule has 0 N–H and O–H groups in total. The zero-order chi connectivity index (χ0) is 64.0. The summed E-state index contributed by atoms with van der Waals surface area (Å²) >= 11 is 3.74. The van der Waals surface area contributed by atoms with Crippen molar-refractivity contribution >= 4 is 56.8 Å². The second-order valence-electron chi connectivity index (χ2n) is 23.9. The molecule has 0 unspecified atom stereocenters. The van der Waals surface area contributed by atoms with E-state index >= 15 is 0 Å². The molecule has 96 heavy (non-hydrogen) atoms. The fourth-order valence-corrected chi connectivity index (χ4v) is 16.0. The largest absolute Gasteiger partial charge is 0.311 e. The van der Waals surface area contributed by atoms with Gasteiger partial charge in [-0.2, -0.15) is 0 Å². The molecule has 16 rings (SSSR count). The van der Waals surface area contributed by atoms with Crippen LogP contribution in [0.2, 0.25) is 0 Å². The molecule has 454 valence electrons. The predicted octanol–water partition coefficient (Wildman–Crippen LogP) is 27.1. The molecule has 2 heterocycles. The highest BCUT2D eigenvalue weighted by molar-refractivity contribution is 7.20. The molecular formula is C92H64N2S2. The van der Waals surface area contributed by atoms with Gasteiger partial charge in [-0.25, -0.2) is 0 Å². The average Bonchev–Trinajstić information content (AvgIpc) is 1.58. The molecule has 0 aliphatic carbocycles. The third-order valence-electron chi connectivity index (χ3n) is 18.0. The lowest BCUT2D eigenvalue weighted by atomic mass is 9.91. The Morgan fingerprint density at radius 2 is 0.260 bits per heavy atom. The van der Waals surface area contributed by atoms with Gasteiger partial charge in [0.25, 0.3) is 0 Å². The molecule has 14 aromatic carbocycles. The maximum absolute atomic E-state index is 2.38. The van der Waals surface area contributed by atoms with E-state index in [-0.39, 0.29) is 0 Å². The molecule has 0 atom stereocenters.